The van der Waals surface area contributed by atoms with Crippen LogP contribution in [0, 0.1) is 12.8 Å². The van der Waals surface area contributed by atoms with E-state index in [1.54, 1.807) is 0 Å². The van der Waals surface area contributed by atoms with Crippen LogP contribution in [0.3, 0.4) is 0 Å². The molecule has 0 aliphatic heterocycles. The lowest BCUT2D eigenvalue weighted by molar-refractivity contribution is -0.145. The molecule has 0 aliphatic carbocycles. The molecule has 0 aliphatic rings. The minimum absolute atomic E-state index is 0.126. The van der Waals surface area contributed by atoms with Gasteiger partial charge in [-0.2, -0.15) is 0 Å². The van der Waals surface area contributed by atoms with Gasteiger partial charge in [0.25, 0.3) is 0 Å². The first-order valence-electron chi connectivity index (χ1n) is 9.67. The second-order valence-electron chi connectivity index (χ2n) is 8.16. The number of esters is 1. The Bertz CT molecular complexity index is 555. The summed E-state index contributed by atoms with van der Waals surface area (Å²) in [6, 6.07) is 3.99. The van der Waals surface area contributed by atoms with Gasteiger partial charge in [0.2, 0.25) is 0 Å². The minimum atomic E-state index is -0.127. The van der Waals surface area contributed by atoms with Crippen molar-refractivity contribution in [3.63, 3.8) is 0 Å². The van der Waals surface area contributed by atoms with Gasteiger partial charge < -0.3 is 9.84 Å². The SMILES string of the molecule is CCCCC(CC)COC(=O)CCc1cc(C)c(O)c(C(C)(C)C)c1. The Hall–Kier alpha value is -1.51. The maximum Gasteiger partial charge on any atom is 0.306 e. The predicted octanol–water partition coefficient (Wildman–Crippen LogP) is 5.69. The summed E-state index contributed by atoms with van der Waals surface area (Å²) in [6.07, 6.45) is 5.59. The van der Waals surface area contributed by atoms with E-state index in [-0.39, 0.29) is 11.4 Å². The number of carbonyl (C=O) groups excluding carboxylic acids is 1. The lowest BCUT2D eigenvalue weighted by atomic mass is 9.83. The molecule has 0 saturated heterocycles. The zero-order valence-corrected chi connectivity index (χ0v) is 16.9. The van der Waals surface area contributed by atoms with Crippen LogP contribution in [0.15, 0.2) is 12.1 Å². The number of aryl methyl sites for hydroxylation is 2. The van der Waals surface area contributed by atoms with Crippen LogP contribution in [0.4, 0.5) is 0 Å². The summed E-state index contributed by atoms with van der Waals surface area (Å²) in [5, 5.41) is 10.3. The molecule has 1 aromatic rings. The number of hydrogen-bond donors (Lipinski definition) is 1. The molecule has 25 heavy (non-hydrogen) atoms. The third-order valence-electron chi connectivity index (χ3n) is 4.81. The van der Waals surface area contributed by atoms with Gasteiger partial charge in [-0.05, 0) is 47.8 Å². The maximum atomic E-state index is 12.1. The largest absolute Gasteiger partial charge is 0.507 e. The van der Waals surface area contributed by atoms with Gasteiger partial charge in [-0.3, -0.25) is 4.79 Å². The number of phenols is 1. The molecule has 0 spiro atoms. The Morgan fingerprint density at radius 2 is 1.92 bits per heavy atom. The van der Waals surface area contributed by atoms with E-state index in [1.165, 1.54) is 12.8 Å². The summed E-state index contributed by atoms with van der Waals surface area (Å²) >= 11 is 0. The minimum Gasteiger partial charge on any atom is -0.507 e. The standard InChI is InChI=1S/C22H36O3/c1-7-9-10-17(8-2)15-25-20(23)12-11-18-13-16(3)21(24)19(14-18)22(4,5)6/h13-14,17,24H,7-12,15H2,1-6H3. The first kappa shape index (κ1) is 21.5. The second kappa shape index (κ2) is 9.84. The van der Waals surface area contributed by atoms with Crippen LogP contribution in [0.2, 0.25) is 0 Å². The molecule has 0 bridgehead atoms. The lowest BCUT2D eigenvalue weighted by Gasteiger charge is -2.22. The van der Waals surface area contributed by atoms with Crippen LogP contribution < -0.4 is 0 Å². The third-order valence-corrected chi connectivity index (χ3v) is 4.81. The molecule has 0 saturated carbocycles. The molecule has 3 heteroatoms. The van der Waals surface area contributed by atoms with Crippen molar-refractivity contribution in [3.05, 3.63) is 28.8 Å². The molecule has 0 heterocycles. The Kier molecular flexibility index (Phi) is 8.47. The van der Waals surface area contributed by atoms with Crippen LogP contribution in [-0.4, -0.2) is 17.7 Å². The van der Waals surface area contributed by atoms with Crippen LogP contribution >= 0.6 is 0 Å². The highest BCUT2D eigenvalue weighted by Gasteiger charge is 2.20. The van der Waals surface area contributed by atoms with Gasteiger partial charge in [0.15, 0.2) is 0 Å². The second-order valence-corrected chi connectivity index (χ2v) is 8.16. The Balaban J connectivity index is 2.60. The first-order valence-corrected chi connectivity index (χ1v) is 9.67. The molecule has 1 N–H and O–H groups in total. The highest BCUT2D eigenvalue weighted by Crippen LogP contribution is 2.34. The number of phenolic OH excluding ortho intramolecular Hbond substituents is 1. The van der Waals surface area contributed by atoms with E-state index in [0.29, 0.717) is 31.1 Å². The number of unbranched alkanes of at least 4 members (excludes halogenated alkanes) is 1. The summed E-state index contributed by atoms with van der Waals surface area (Å²) in [5.74, 6) is 0.714. The molecule has 0 fully saturated rings. The fraction of sp³-hybridized carbons (Fsp3) is 0.682. The summed E-state index contributed by atoms with van der Waals surface area (Å²) in [5.41, 5.74) is 2.75. The van der Waals surface area contributed by atoms with E-state index < -0.39 is 0 Å². The molecular formula is C22H36O3. The van der Waals surface area contributed by atoms with Gasteiger partial charge >= 0.3 is 5.97 Å². The summed E-state index contributed by atoms with van der Waals surface area (Å²) in [6.45, 7) is 13.0. The average Bonchev–Trinajstić information content (AvgIpc) is 2.54. The molecule has 0 amide bonds. The van der Waals surface area contributed by atoms with Gasteiger partial charge in [0.1, 0.15) is 5.75 Å². The van der Waals surface area contributed by atoms with E-state index in [9.17, 15) is 9.90 Å². The smallest absolute Gasteiger partial charge is 0.306 e. The Labute approximate surface area is 153 Å². The molecule has 0 radical (unpaired) electrons. The van der Waals surface area contributed by atoms with Crippen molar-refractivity contribution in [3.8, 4) is 5.75 Å². The van der Waals surface area contributed by atoms with Gasteiger partial charge in [0, 0.05) is 6.42 Å². The average molecular weight is 349 g/mol. The zero-order valence-electron chi connectivity index (χ0n) is 16.9. The van der Waals surface area contributed by atoms with Gasteiger partial charge in [0.05, 0.1) is 6.61 Å². The van der Waals surface area contributed by atoms with Gasteiger partial charge in [-0.15, -0.1) is 0 Å². The van der Waals surface area contributed by atoms with E-state index in [4.69, 9.17) is 4.74 Å². The molecule has 142 valence electrons. The van der Waals surface area contributed by atoms with Gasteiger partial charge in [-0.1, -0.05) is 66.0 Å². The fourth-order valence-electron chi connectivity index (χ4n) is 3.00. The highest BCUT2D eigenvalue weighted by atomic mass is 16.5. The number of carbonyl (C=O) groups is 1. The molecular weight excluding hydrogens is 312 g/mol. The van der Waals surface area contributed by atoms with Crippen molar-refractivity contribution in [2.24, 2.45) is 5.92 Å². The monoisotopic (exact) mass is 348 g/mol. The Morgan fingerprint density at radius 1 is 1.24 bits per heavy atom. The fourth-order valence-corrected chi connectivity index (χ4v) is 3.00. The topological polar surface area (TPSA) is 46.5 Å². The quantitative estimate of drug-likeness (QED) is 0.583. The van der Waals surface area contributed by atoms with Crippen molar-refractivity contribution in [1.29, 1.82) is 0 Å². The molecule has 1 atom stereocenters. The zero-order chi connectivity index (χ0) is 19.0. The molecule has 0 aromatic heterocycles. The molecule has 1 rings (SSSR count). The number of hydrogen-bond acceptors (Lipinski definition) is 3. The Morgan fingerprint density at radius 3 is 2.48 bits per heavy atom. The highest BCUT2D eigenvalue weighted by molar-refractivity contribution is 5.69. The summed E-state index contributed by atoms with van der Waals surface area (Å²) in [7, 11) is 0. The van der Waals surface area contributed by atoms with Crippen LogP contribution in [0.5, 0.6) is 5.75 Å². The summed E-state index contributed by atoms with van der Waals surface area (Å²) < 4.78 is 5.48. The van der Waals surface area contributed by atoms with E-state index in [2.05, 4.69) is 34.6 Å². The van der Waals surface area contributed by atoms with Crippen molar-refractivity contribution >= 4 is 5.97 Å². The predicted molar refractivity (Wildman–Crippen MR) is 104 cm³/mol. The van der Waals surface area contributed by atoms with Crippen LogP contribution in [0.25, 0.3) is 0 Å². The maximum absolute atomic E-state index is 12.1. The number of aromatic hydroxyl groups is 1. The van der Waals surface area contributed by atoms with E-state index in [0.717, 1.165) is 29.5 Å². The van der Waals surface area contributed by atoms with Crippen molar-refractivity contribution in [2.75, 3.05) is 6.61 Å². The molecule has 3 nitrogen and oxygen atoms in total. The first-order chi connectivity index (χ1) is 11.7. The van der Waals surface area contributed by atoms with Gasteiger partial charge in [-0.25, -0.2) is 0 Å². The molecule has 1 unspecified atom stereocenters. The van der Waals surface area contributed by atoms with E-state index in [1.807, 2.05) is 19.1 Å². The van der Waals surface area contributed by atoms with Crippen LogP contribution in [-0.2, 0) is 21.4 Å². The lowest BCUT2D eigenvalue weighted by Crippen LogP contribution is -2.15. The van der Waals surface area contributed by atoms with Crippen LogP contribution in [0.1, 0.15) is 83.4 Å². The molecule has 1 aromatic carbocycles. The van der Waals surface area contributed by atoms with Crippen molar-refractivity contribution in [2.45, 2.75) is 85.5 Å². The van der Waals surface area contributed by atoms with E-state index >= 15 is 0 Å². The number of benzene rings is 1. The summed E-state index contributed by atoms with van der Waals surface area (Å²) in [4.78, 5) is 12.1. The number of rotatable bonds is 9. The van der Waals surface area contributed by atoms with Crippen molar-refractivity contribution < 1.29 is 14.6 Å². The van der Waals surface area contributed by atoms with Crippen molar-refractivity contribution in [1.82, 2.24) is 0 Å². The third kappa shape index (κ3) is 7.09. The number of ether oxygens (including phenoxy) is 1. The normalized spacial score (nSPS) is 12.9.